The fraction of sp³-hybridized carbons (Fsp3) is 0.167. The van der Waals surface area contributed by atoms with Crippen molar-refractivity contribution in [2.24, 2.45) is 5.84 Å². The summed E-state index contributed by atoms with van der Waals surface area (Å²) >= 11 is 3.09. The molecule has 1 heterocycles. The van der Waals surface area contributed by atoms with E-state index in [9.17, 15) is 4.79 Å². The molecule has 0 aromatic carbocycles. The average molecular weight is 255 g/mol. The first-order valence-corrected chi connectivity index (χ1v) is 3.71. The fourth-order valence-electron chi connectivity index (χ4n) is 0.734. The first kappa shape index (κ1) is 11.5. The highest BCUT2D eigenvalue weighted by Gasteiger charge is 2.12. The van der Waals surface area contributed by atoms with Crippen LogP contribution in [0.25, 0.3) is 0 Å². The lowest BCUT2D eigenvalue weighted by Crippen LogP contribution is -2.30. The smallest absolute Gasteiger partial charge is 0.301 e. The molecule has 0 aliphatic heterocycles. The largest absolute Gasteiger partial charge is 0.444 e. The Morgan fingerprint density at radius 1 is 1.75 bits per heavy atom. The summed E-state index contributed by atoms with van der Waals surface area (Å²) in [6, 6.07) is 1.70. The van der Waals surface area contributed by atoms with Crippen molar-refractivity contribution in [3.63, 3.8) is 0 Å². The van der Waals surface area contributed by atoms with Gasteiger partial charge in [0.05, 0.1) is 0 Å². The number of furan rings is 1. The van der Waals surface area contributed by atoms with E-state index in [-0.39, 0.29) is 18.2 Å². The van der Waals surface area contributed by atoms with Gasteiger partial charge in [0.15, 0.2) is 10.4 Å². The van der Waals surface area contributed by atoms with Crippen LogP contribution in [0.1, 0.15) is 16.1 Å². The third kappa shape index (κ3) is 2.23. The van der Waals surface area contributed by atoms with Gasteiger partial charge in [-0.3, -0.25) is 10.2 Å². The highest BCUT2D eigenvalue weighted by atomic mass is 79.9. The number of carbonyl (C=O) groups excluding carboxylic acids is 1. The monoisotopic (exact) mass is 254 g/mol. The van der Waals surface area contributed by atoms with Crippen LogP contribution in [0.3, 0.4) is 0 Å². The van der Waals surface area contributed by atoms with Gasteiger partial charge in [0.25, 0.3) is 0 Å². The van der Waals surface area contributed by atoms with Gasteiger partial charge in [-0.15, -0.1) is 12.4 Å². The van der Waals surface area contributed by atoms with Crippen LogP contribution in [0.2, 0.25) is 0 Å². The molecule has 4 nitrogen and oxygen atoms in total. The molecule has 6 heteroatoms. The zero-order chi connectivity index (χ0) is 8.43. The van der Waals surface area contributed by atoms with Crippen LogP contribution in [0.15, 0.2) is 15.2 Å². The Balaban J connectivity index is 0.00000121. The van der Waals surface area contributed by atoms with Crippen molar-refractivity contribution in [3.8, 4) is 0 Å². The van der Waals surface area contributed by atoms with Crippen molar-refractivity contribution in [1.82, 2.24) is 5.43 Å². The van der Waals surface area contributed by atoms with E-state index in [1.54, 1.807) is 13.0 Å². The minimum atomic E-state index is -0.423. The average Bonchev–Trinajstić information content (AvgIpc) is 2.28. The second kappa shape index (κ2) is 4.49. The van der Waals surface area contributed by atoms with Gasteiger partial charge in [0.1, 0.15) is 0 Å². The first-order valence-electron chi connectivity index (χ1n) is 2.92. The molecular weight excluding hydrogens is 247 g/mol. The standard InChI is InChI=1S/C6H7BrN2O2.ClH/c1-3-2-4(7)11-5(3)6(10)9-8;/h2H,8H2,1H3,(H,9,10);1H. The van der Waals surface area contributed by atoms with Crippen molar-refractivity contribution in [3.05, 3.63) is 22.1 Å². The third-order valence-corrected chi connectivity index (χ3v) is 1.62. The van der Waals surface area contributed by atoms with Crippen LogP contribution in [-0.2, 0) is 0 Å². The van der Waals surface area contributed by atoms with Gasteiger partial charge >= 0.3 is 5.91 Å². The molecule has 12 heavy (non-hydrogen) atoms. The molecule has 1 aromatic heterocycles. The molecule has 68 valence electrons. The van der Waals surface area contributed by atoms with Crippen LogP contribution in [-0.4, -0.2) is 5.91 Å². The molecule has 0 fully saturated rings. The molecule has 0 spiro atoms. The molecule has 0 bridgehead atoms. The number of hydrogen-bond donors (Lipinski definition) is 2. The molecule has 0 unspecified atom stereocenters. The summed E-state index contributed by atoms with van der Waals surface area (Å²) in [5.74, 6) is 4.72. The topological polar surface area (TPSA) is 68.3 Å². The van der Waals surface area contributed by atoms with E-state index in [0.29, 0.717) is 4.67 Å². The van der Waals surface area contributed by atoms with Gasteiger partial charge in [-0.2, -0.15) is 0 Å². The van der Waals surface area contributed by atoms with Crippen LogP contribution < -0.4 is 11.3 Å². The van der Waals surface area contributed by atoms with E-state index in [0.717, 1.165) is 5.56 Å². The van der Waals surface area contributed by atoms with E-state index in [4.69, 9.17) is 10.3 Å². The van der Waals surface area contributed by atoms with E-state index >= 15 is 0 Å². The second-order valence-electron chi connectivity index (χ2n) is 2.04. The van der Waals surface area contributed by atoms with Gasteiger partial charge < -0.3 is 4.42 Å². The summed E-state index contributed by atoms with van der Waals surface area (Å²) in [5, 5.41) is 0. The lowest BCUT2D eigenvalue weighted by Gasteiger charge is -1.93. The fourth-order valence-corrected chi connectivity index (χ4v) is 1.24. The molecular formula is C6H8BrClN2O2. The van der Waals surface area contributed by atoms with Crippen molar-refractivity contribution >= 4 is 34.2 Å². The molecule has 0 atom stereocenters. The van der Waals surface area contributed by atoms with Gasteiger partial charge in [0, 0.05) is 5.56 Å². The van der Waals surface area contributed by atoms with E-state index in [2.05, 4.69) is 15.9 Å². The van der Waals surface area contributed by atoms with Gasteiger partial charge in [-0.05, 0) is 28.9 Å². The molecule has 1 aromatic rings. The maximum absolute atomic E-state index is 10.9. The Morgan fingerprint density at radius 3 is 2.67 bits per heavy atom. The number of carbonyl (C=O) groups is 1. The number of rotatable bonds is 1. The molecule has 0 radical (unpaired) electrons. The third-order valence-electron chi connectivity index (χ3n) is 1.23. The first-order chi connectivity index (χ1) is 5.15. The molecule has 1 rings (SSSR count). The van der Waals surface area contributed by atoms with E-state index < -0.39 is 5.91 Å². The van der Waals surface area contributed by atoms with E-state index in [1.807, 2.05) is 5.43 Å². The molecule has 0 aliphatic carbocycles. The normalized spacial score (nSPS) is 8.92. The number of halogens is 2. The molecule has 1 amide bonds. The summed E-state index contributed by atoms with van der Waals surface area (Å²) in [6.07, 6.45) is 0. The Morgan fingerprint density at radius 2 is 2.33 bits per heavy atom. The number of aryl methyl sites for hydroxylation is 1. The lowest BCUT2D eigenvalue weighted by atomic mass is 10.3. The number of nitrogen functional groups attached to an aromatic ring is 1. The second-order valence-corrected chi connectivity index (χ2v) is 2.82. The number of hydrazine groups is 1. The van der Waals surface area contributed by atoms with Crippen molar-refractivity contribution in [1.29, 1.82) is 0 Å². The van der Waals surface area contributed by atoms with Crippen LogP contribution in [0, 0.1) is 6.92 Å². The minimum Gasteiger partial charge on any atom is -0.444 e. The van der Waals surface area contributed by atoms with Crippen LogP contribution in [0.5, 0.6) is 0 Å². The summed E-state index contributed by atoms with van der Waals surface area (Å²) < 4.78 is 5.51. The highest BCUT2D eigenvalue weighted by molar-refractivity contribution is 9.10. The van der Waals surface area contributed by atoms with Gasteiger partial charge in [-0.25, -0.2) is 5.84 Å². The van der Waals surface area contributed by atoms with E-state index in [1.165, 1.54) is 0 Å². The molecule has 3 N–H and O–H groups in total. The summed E-state index contributed by atoms with van der Waals surface area (Å²) in [4.78, 5) is 10.9. The highest BCUT2D eigenvalue weighted by Crippen LogP contribution is 2.18. The Labute approximate surface area is 84.0 Å². The van der Waals surface area contributed by atoms with Gasteiger partial charge in [-0.1, -0.05) is 0 Å². The molecule has 0 saturated carbocycles. The summed E-state index contributed by atoms with van der Waals surface area (Å²) in [7, 11) is 0. The molecule has 0 saturated heterocycles. The summed E-state index contributed by atoms with van der Waals surface area (Å²) in [5.41, 5.74) is 2.73. The molecule has 0 aliphatic rings. The maximum atomic E-state index is 10.9. The zero-order valence-electron chi connectivity index (χ0n) is 6.26. The number of nitrogens with one attached hydrogen (secondary N) is 1. The van der Waals surface area contributed by atoms with Crippen molar-refractivity contribution < 1.29 is 9.21 Å². The SMILES string of the molecule is Cc1cc(Br)oc1C(=O)NN.Cl. The Bertz CT molecular complexity index is 287. The van der Waals surface area contributed by atoms with Crippen molar-refractivity contribution in [2.45, 2.75) is 6.92 Å². The Kier molecular flexibility index (Phi) is 4.30. The lowest BCUT2D eigenvalue weighted by molar-refractivity contribution is 0.0924. The minimum absolute atomic E-state index is 0. The Hall–Kier alpha value is -0.520. The summed E-state index contributed by atoms with van der Waals surface area (Å²) in [6.45, 7) is 1.76. The number of hydrogen-bond acceptors (Lipinski definition) is 3. The zero-order valence-corrected chi connectivity index (χ0v) is 8.66. The van der Waals surface area contributed by atoms with Gasteiger partial charge in [0.2, 0.25) is 0 Å². The predicted molar refractivity (Wildman–Crippen MR) is 50.0 cm³/mol. The van der Waals surface area contributed by atoms with Crippen LogP contribution in [0.4, 0.5) is 0 Å². The predicted octanol–water partition coefficient (Wildman–Crippen LogP) is 1.38. The quantitative estimate of drug-likeness (QED) is 0.452. The van der Waals surface area contributed by atoms with Crippen molar-refractivity contribution in [2.75, 3.05) is 0 Å². The maximum Gasteiger partial charge on any atom is 0.301 e. The number of nitrogens with two attached hydrogens (primary N) is 1. The van der Waals surface area contributed by atoms with Crippen LogP contribution >= 0.6 is 28.3 Å². The number of amides is 1.